The zero-order chi connectivity index (χ0) is 10.3. The van der Waals surface area contributed by atoms with Gasteiger partial charge in [0.25, 0.3) is 0 Å². The Kier molecular flexibility index (Phi) is 2.25. The highest BCUT2D eigenvalue weighted by molar-refractivity contribution is 5.16. The van der Waals surface area contributed by atoms with E-state index in [1.165, 1.54) is 17.8 Å². The first-order chi connectivity index (χ1) is 7.33. The third-order valence-corrected chi connectivity index (χ3v) is 3.55. The molecule has 0 aromatic carbocycles. The van der Waals surface area contributed by atoms with Crippen LogP contribution in [0.1, 0.15) is 24.7 Å². The second kappa shape index (κ2) is 3.61. The lowest BCUT2D eigenvalue weighted by Gasteiger charge is -2.23. The molecule has 15 heavy (non-hydrogen) atoms. The van der Waals surface area contributed by atoms with Crippen LogP contribution < -0.4 is 10.6 Å². The number of rotatable bonds is 3. The molecule has 2 aliphatic rings. The largest absolute Gasteiger partial charge is 0.347 e. The average molecular weight is 206 g/mol. The van der Waals surface area contributed by atoms with Crippen LogP contribution in [0.3, 0.4) is 0 Å². The predicted molar refractivity (Wildman–Crippen MR) is 58.5 cm³/mol. The molecule has 4 nitrogen and oxygen atoms in total. The molecule has 0 spiro atoms. The highest BCUT2D eigenvalue weighted by atomic mass is 15.1. The summed E-state index contributed by atoms with van der Waals surface area (Å²) in [6.07, 6.45) is 4.19. The van der Waals surface area contributed by atoms with E-state index in [4.69, 9.17) is 0 Å². The number of hydrogen-bond donors (Lipinski definition) is 3. The highest BCUT2D eigenvalue weighted by Gasteiger charge is 2.32. The van der Waals surface area contributed by atoms with E-state index in [1.54, 1.807) is 6.33 Å². The lowest BCUT2D eigenvalue weighted by Crippen LogP contribution is -2.43. The molecule has 3 atom stereocenters. The topological polar surface area (TPSA) is 52.7 Å². The molecule has 1 aromatic rings. The standard InChI is InChI=1S/C11H18N4/c1-7-2-9(7)13-4-8-3-10-11(5-12-8)15-6-14-10/h6-9,12-13H,2-5H2,1H3,(H,14,15). The first kappa shape index (κ1) is 9.36. The van der Waals surface area contributed by atoms with E-state index in [0.29, 0.717) is 6.04 Å². The van der Waals surface area contributed by atoms with E-state index >= 15 is 0 Å². The van der Waals surface area contributed by atoms with Crippen molar-refractivity contribution in [2.24, 2.45) is 5.92 Å². The Morgan fingerprint density at radius 1 is 1.60 bits per heavy atom. The molecule has 1 fully saturated rings. The molecule has 0 amide bonds. The Bertz CT molecular complexity index is 346. The van der Waals surface area contributed by atoms with Crippen LogP contribution >= 0.6 is 0 Å². The summed E-state index contributed by atoms with van der Waals surface area (Å²) in [5, 5.41) is 7.12. The van der Waals surface area contributed by atoms with E-state index in [2.05, 4.69) is 27.5 Å². The number of fused-ring (bicyclic) bond motifs is 1. The normalized spacial score (nSPS) is 33.8. The molecule has 0 bridgehead atoms. The highest BCUT2D eigenvalue weighted by Crippen LogP contribution is 2.28. The smallest absolute Gasteiger partial charge is 0.0925 e. The fraction of sp³-hybridized carbons (Fsp3) is 0.727. The van der Waals surface area contributed by atoms with Crippen LogP contribution in [0.4, 0.5) is 0 Å². The minimum atomic E-state index is 0.550. The minimum Gasteiger partial charge on any atom is -0.347 e. The number of imidazole rings is 1. The summed E-state index contributed by atoms with van der Waals surface area (Å²) >= 11 is 0. The summed E-state index contributed by atoms with van der Waals surface area (Å²) in [7, 11) is 0. The van der Waals surface area contributed by atoms with Crippen molar-refractivity contribution in [1.29, 1.82) is 0 Å². The Morgan fingerprint density at radius 3 is 3.27 bits per heavy atom. The SMILES string of the molecule is CC1CC1NCC1Cc2nc[nH]c2CN1. The lowest BCUT2D eigenvalue weighted by molar-refractivity contribution is 0.436. The summed E-state index contributed by atoms with van der Waals surface area (Å²) in [5.74, 6) is 0.884. The fourth-order valence-corrected chi connectivity index (χ4v) is 2.27. The second-order valence-electron chi connectivity index (χ2n) is 4.84. The van der Waals surface area contributed by atoms with Gasteiger partial charge in [-0.25, -0.2) is 4.98 Å². The predicted octanol–water partition coefficient (Wildman–Crippen LogP) is 0.422. The van der Waals surface area contributed by atoms with Gasteiger partial charge in [-0.2, -0.15) is 0 Å². The number of aromatic nitrogens is 2. The van der Waals surface area contributed by atoms with Gasteiger partial charge in [-0.05, 0) is 12.3 Å². The van der Waals surface area contributed by atoms with Crippen LogP contribution in [0, 0.1) is 5.92 Å². The summed E-state index contributed by atoms with van der Waals surface area (Å²) in [4.78, 5) is 7.51. The van der Waals surface area contributed by atoms with Crippen molar-refractivity contribution in [2.45, 2.75) is 38.4 Å². The Balaban J connectivity index is 1.52. The van der Waals surface area contributed by atoms with Gasteiger partial charge in [0.15, 0.2) is 0 Å². The second-order valence-corrected chi connectivity index (χ2v) is 4.84. The molecule has 1 aromatic heterocycles. The number of nitrogens with one attached hydrogen (secondary N) is 3. The minimum absolute atomic E-state index is 0.550. The summed E-state index contributed by atoms with van der Waals surface area (Å²) in [6, 6.07) is 1.32. The van der Waals surface area contributed by atoms with Crippen LogP contribution in [0.15, 0.2) is 6.33 Å². The van der Waals surface area contributed by atoms with Crippen molar-refractivity contribution in [2.75, 3.05) is 6.54 Å². The van der Waals surface area contributed by atoms with E-state index < -0.39 is 0 Å². The molecular formula is C11H18N4. The first-order valence-electron chi connectivity index (χ1n) is 5.81. The van der Waals surface area contributed by atoms with Crippen LogP contribution in [0.5, 0.6) is 0 Å². The van der Waals surface area contributed by atoms with Crippen molar-refractivity contribution < 1.29 is 0 Å². The summed E-state index contributed by atoms with van der Waals surface area (Å²) < 4.78 is 0. The molecule has 1 aliphatic heterocycles. The van der Waals surface area contributed by atoms with Crippen LogP contribution in [-0.2, 0) is 13.0 Å². The van der Waals surface area contributed by atoms with Crippen molar-refractivity contribution in [3.8, 4) is 0 Å². The zero-order valence-electron chi connectivity index (χ0n) is 9.09. The maximum absolute atomic E-state index is 4.34. The van der Waals surface area contributed by atoms with E-state index in [9.17, 15) is 0 Å². The number of aromatic amines is 1. The molecule has 82 valence electrons. The zero-order valence-corrected chi connectivity index (χ0v) is 9.09. The van der Waals surface area contributed by atoms with Crippen LogP contribution in [0.2, 0.25) is 0 Å². The summed E-state index contributed by atoms with van der Waals surface area (Å²) in [5.41, 5.74) is 2.50. The third kappa shape index (κ3) is 1.92. The maximum Gasteiger partial charge on any atom is 0.0925 e. The van der Waals surface area contributed by atoms with Gasteiger partial charge in [0.05, 0.1) is 17.7 Å². The van der Waals surface area contributed by atoms with Gasteiger partial charge in [0.2, 0.25) is 0 Å². The van der Waals surface area contributed by atoms with Gasteiger partial charge >= 0.3 is 0 Å². The number of H-pyrrole nitrogens is 1. The molecule has 2 heterocycles. The molecule has 0 radical (unpaired) electrons. The van der Waals surface area contributed by atoms with Crippen molar-refractivity contribution in [1.82, 2.24) is 20.6 Å². The number of hydrogen-bond acceptors (Lipinski definition) is 3. The van der Waals surface area contributed by atoms with Crippen molar-refractivity contribution >= 4 is 0 Å². The summed E-state index contributed by atoms with van der Waals surface area (Å²) in [6.45, 7) is 4.31. The monoisotopic (exact) mass is 206 g/mol. The molecular weight excluding hydrogens is 188 g/mol. The Morgan fingerprint density at radius 2 is 2.47 bits per heavy atom. The van der Waals surface area contributed by atoms with Gasteiger partial charge in [0.1, 0.15) is 0 Å². The quantitative estimate of drug-likeness (QED) is 0.672. The third-order valence-electron chi connectivity index (χ3n) is 3.55. The van der Waals surface area contributed by atoms with Crippen LogP contribution in [0.25, 0.3) is 0 Å². The van der Waals surface area contributed by atoms with Gasteiger partial charge in [-0.15, -0.1) is 0 Å². The first-order valence-corrected chi connectivity index (χ1v) is 5.81. The van der Waals surface area contributed by atoms with Gasteiger partial charge in [-0.1, -0.05) is 6.92 Å². The lowest BCUT2D eigenvalue weighted by atomic mass is 10.1. The van der Waals surface area contributed by atoms with E-state index in [1.807, 2.05) is 0 Å². The molecule has 3 rings (SSSR count). The van der Waals surface area contributed by atoms with E-state index in [-0.39, 0.29) is 0 Å². The Hall–Kier alpha value is -0.870. The molecule has 3 unspecified atom stereocenters. The van der Waals surface area contributed by atoms with Gasteiger partial charge in [0, 0.05) is 31.6 Å². The Labute approximate surface area is 89.9 Å². The van der Waals surface area contributed by atoms with Gasteiger partial charge < -0.3 is 15.6 Å². The molecule has 4 heteroatoms. The average Bonchev–Trinajstić information content (AvgIpc) is 2.78. The van der Waals surface area contributed by atoms with Crippen molar-refractivity contribution in [3.63, 3.8) is 0 Å². The van der Waals surface area contributed by atoms with Crippen molar-refractivity contribution in [3.05, 3.63) is 17.7 Å². The molecule has 1 saturated carbocycles. The molecule has 1 aliphatic carbocycles. The molecule has 0 saturated heterocycles. The number of nitrogens with zero attached hydrogens (tertiary/aromatic N) is 1. The molecule has 3 N–H and O–H groups in total. The van der Waals surface area contributed by atoms with E-state index in [0.717, 1.165) is 31.5 Å². The maximum atomic E-state index is 4.34. The fourth-order valence-electron chi connectivity index (χ4n) is 2.27. The van der Waals surface area contributed by atoms with Gasteiger partial charge in [-0.3, -0.25) is 0 Å². The van der Waals surface area contributed by atoms with Crippen LogP contribution in [-0.4, -0.2) is 28.6 Å².